The van der Waals surface area contributed by atoms with Crippen LogP contribution in [0.5, 0.6) is 5.75 Å². The van der Waals surface area contributed by atoms with Crippen molar-refractivity contribution in [3.63, 3.8) is 0 Å². The normalized spacial score (nSPS) is 23.2. The summed E-state index contributed by atoms with van der Waals surface area (Å²) in [5, 5.41) is 2.65. The first kappa shape index (κ1) is 20.1. The van der Waals surface area contributed by atoms with Gasteiger partial charge in [0.1, 0.15) is 12.4 Å². The minimum absolute atomic E-state index is 0.0210. The summed E-state index contributed by atoms with van der Waals surface area (Å²) in [7, 11) is 0. The van der Waals surface area contributed by atoms with Crippen molar-refractivity contribution in [2.75, 3.05) is 32.8 Å². The number of nitrogens with one attached hydrogen (secondary N) is 1. The molecule has 0 aromatic heterocycles. The predicted octanol–water partition coefficient (Wildman–Crippen LogP) is 2.63. The van der Waals surface area contributed by atoms with Crippen molar-refractivity contribution in [2.24, 2.45) is 5.41 Å². The van der Waals surface area contributed by atoms with Crippen molar-refractivity contribution in [3.8, 4) is 5.75 Å². The first-order chi connectivity index (χ1) is 13.7. The summed E-state index contributed by atoms with van der Waals surface area (Å²) in [6, 6.07) is 5.95. The third-order valence-electron chi connectivity index (χ3n) is 5.18. The van der Waals surface area contributed by atoms with Gasteiger partial charge in [-0.2, -0.15) is 0 Å². The zero-order valence-corrected chi connectivity index (χ0v) is 16.2. The Morgan fingerprint density at radius 2 is 2.00 bits per heavy atom. The summed E-state index contributed by atoms with van der Waals surface area (Å²) >= 11 is 1.24. The van der Waals surface area contributed by atoms with E-state index in [-0.39, 0.29) is 23.1 Å². The zero-order valence-electron chi connectivity index (χ0n) is 15.4. The second kappa shape index (κ2) is 7.60. The molecule has 3 aliphatic heterocycles. The van der Waals surface area contributed by atoms with E-state index in [0.29, 0.717) is 50.5 Å². The molecular formula is C18H20F3N3O4S. The average molecular weight is 431 g/mol. The highest BCUT2D eigenvalue weighted by Gasteiger charge is 2.53. The molecule has 3 saturated heterocycles. The van der Waals surface area contributed by atoms with E-state index in [4.69, 9.17) is 4.74 Å². The lowest BCUT2D eigenvalue weighted by Crippen LogP contribution is -2.71. The standard InChI is InChI=1S/C18H20F3N3O4S/c19-18(20,21)28-13-3-1-2-4-14(13)29-24-10-17(11-24)8-23(9-17)15(25)6-5-12-7-27-16(26)22-12/h1-4,12H,5-11H2,(H,22,26). The van der Waals surface area contributed by atoms with Gasteiger partial charge in [0, 0.05) is 38.0 Å². The molecular weight excluding hydrogens is 411 g/mol. The summed E-state index contributed by atoms with van der Waals surface area (Å²) in [6.07, 6.45) is -4.27. The molecule has 1 spiro atoms. The molecule has 11 heteroatoms. The lowest BCUT2D eigenvalue weighted by atomic mass is 9.74. The first-order valence-corrected chi connectivity index (χ1v) is 9.98. The maximum Gasteiger partial charge on any atom is 0.573 e. The van der Waals surface area contributed by atoms with Gasteiger partial charge in [0.05, 0.1) is 10.9 Å². The number of carbonyl (C=O) groups excluding carboxylic acids is 2. The van der Waals surface area contributed by atoms with E-state index >= 15 is 0 Å². The molecule has 3 aliphatic rings. The lowest BCUT2D eigenvalue weighted by Gasteiger charge is -2.59. The fourth-order valence-electron chi connectivity index (χ4n) is 3.82. The fourth-order valence-corrected chi connectivity index (χ4v) is 5.11. The van der Waals surface area contributed by atoms with Gasteiger partial charge in [-0.05, 0) is 30.5 Å². The third-order valence-corrected chi connectivity index (χ3v) is 6.23. The van der Waals surface area contributed by atoms with Crippen molar-refractivity contribution < 1.29 is 32.2 Å². The number of alkyl halides is 3. The highest BCUT2D eigenvalue weighted by Crippen LogP contribution is 2.46. The number of cyclic esters (lactones) is 1. The van der Waals surface area contributed by atoms with Crippen molar-refractivity contribution in [3.05, 3.63) is 24.3 Å². The van der Waals surface area contributed by atoms with Crippen LogP contribution >= 0.6 is 11.9 Å². The van der Waals surface area contributed by atoms with Gasteiger partial charge in [-0.3, -0.25) is 4.79 Å². The van der Waals surface area contributed by atoms with Crippen LogP contribution in [0.1, 0.15) is 12.8 Å². The summed E-state index contributed by atoms with van der Waals surface area (Å²) in [5.74, 6) is -0.161. The molecule has 1 N–H and O–H groups in total. The Morgan fingerprint density at radius 1 is 1.28 bits per heavy atom. The van der Waals surface area contributed by atoms with Crippen LogP contribution in [-0.2, 0) is 9.53 Å². The molecule has 4 rings (SSSR count). The Hall–Kier alpha value is -2.14. The maximum absolute atomic E-state index is 12.5. The number of alkyl carbamates (subject to hydrolysis) is 1. The van der Waals surface area contributed by atoms with Crippen molar-refractivity contribution in [1.29, 1.82) is 0 Å². The quantitative estimate of drug-likeness (QED) is 0.699. The molecule has 1 atom stereocenters. The van der Waals surface area contributed by atoms with E-state index < -0.39 is 12.5 Å². The van der Waals surface area contributed by atoms with Crippen LogP contribution in [0.4, 0.5) is 18.0 Å². The monoisotopic (exact) mass is 431 g/mol. The van der Waals surface area contributed by atoms with E-state index in [1.54, 1.807) is 17.0 Å². The molecule has 1 aromatic carbocycles. The van der Waals surface area contributed by atoms with Crippen molar-refractivity contribution >= 4 is 23.9 Å². The number of ether oxygens (including phenoxy) is 2. The number of hydrogen-bond donors (Lipinski definition) is 1. The number of rotatable bonds is 6. The molecule has 29 heavy (non-hydrogen) atoms. The van der Waals surface area contributed by atoms with E-state index in [1.165, 1.54) is 24.1 Å². The molecule has 0 saturated carbocycles. The van der Waals surface area contributed by atoms with Gasteiger partial charge in [-0.15, -0.1) is 13.2 Å². The molecule has 3 heterocycles. The minimum Gasteiger partial charge on any atom is -0.447 e. The van der Waals surface area contributed by atoms with Crippen LogP contribution in [-0.4, -0.2) is 66.4 Å². The van der Waals surface area contributed by atoms with Gasteiger partial charge >= 0.3 is 12.5 Å². The molecule has 3 fully saturated rings. The summed E-state index contributed by atoms with van der Waals surface area (Å²) in [6.45, 7) is 3.00. The Kier molecular flexibility index (Phi) is 5.28. The zero-order chi connectivity index (χ0) is 20.6. The molecule has 0 radical (unpaired) electrons. The van der Waals surface area contributed by atoms with Crippen LogP contribution in [0, 0.1) is 5.41 Å². The van der Waals surface area contributed by atoms with E-state index in [1.807, 2.05) is 4.31 Å². The van der Waals surface area contributed by atoms with Crippen LogP contribution in [0.3, 0.4) is 0 Å². The predicted molar refractivity (Wildman–Crippen MR) is 97.1 cm³/mol. The molecule has 158 valence electrons. The molecule has 2 amide bonds. The Balaban J connectivity index is 1.20. The van der Waals surface area contributed by atoms with Crippen LogP contribution < -0.4 is 10.1 Å². The van der Waals surface area contributed by atoms with Crippen LogP contribution in [0.2, 0.25) is 0 Å². The number of carbonyl (C=O) groups is 2. The summed E-state index contributed by atoms with van der Waals surface area (Å²) < 4.78 is 48.5. The van der Waals surface area contributed by atoms with Gasteiger partial charge < -0.3 is 19.7 Å². The van der Waals surface area contributed by atoms with E-state index in [9.17, 15) is 22.8 Å². The fraction of sp³-hybridized carbons (Fsp3) is 0.556. The Labute approximate surface area is 169 Å². The Bertz CT molecular complexity index is 793. The molecule has 0 aliphatic carbocycles. The van der Waals surface area contributed by atoms with Crippen LogP contribution in [0.15, 0.2) is 29.2 Å². The van der Waals surface area contributed by atoms with Gasteiger partial charge in [0.15, 0.2) is 0 Å². The number of hydrogen-bond acceptors (Lipinski definition) is 6. The highest BCUT2D eigenvalue weighted by atomic mass is 32.2. The summed E-state index contributed by atoms with van der Waals surface area (Å²) in [5.41, 5.74) is 0.0210. The topological polar surface area (TPSA) is 71.1 Å². The average Bonchev–Trinajstić information content (AvgIpc) is 2.99. The van der Waals surface area contributed by atoms with Gasteiger partial charge in [-0.25, -0.2) is 9.10 Å². The second-order valence-electron chi connectivity index (χ2n) is 7.61. The van der Waals surface area contributed by atoms with Gasteiger partial charge in [-0.1, -0.05) is 12.1 Å². The number of benzene rings is 1. The first-order valence-electron chi connectivity index (χ1n) is 9.20. The highest BCUT2D eigenvalue weighted by molar-refractivity contribution is 7.97. The minimum atomic E-state index is -4.73. The van der Waals surface area contributed by atoms with Crippen LogP contribution in [0.25, 0.3) is 0 Å². The SMILES string of the molecule is O=C1NC(CCC(=O)N2CC3(CN(Sc4ccccc4OC(F)(F)F)C3)C2)CO1. The smallest absolute Gasteiger partial charge is 0.447 e. The van der Waals surface area contributed by atoms with E-state index in [0.717, 1.165) is 0 Å². The van der Waals surface area contributed by atoms with Crippen molar-refractivity contribution in [1.82, 2.24) is 14.5 Å². The van der Waals surface area contributed by atoms with E-state index in [2.05, 4.69) is 10.1 Å². The van der Waals surface area contributed by atoms with Crippen molar-refractivity contribution in [2.45, 2.75) is 30.1 Å². The third kappa shape index (κ3) is 4.72. The molecule has 1 unspecified atom stereocenters. The number of amides is 2. The summed E-state index contributed by atoms with van der Waals surface area (Å²) in [4.78, 5) is 25.5. The second-order valence-corrected chi connectivity index (χ2v) is 8.75. The lowest BCUT2D eigenvalue weighted by molar-refractivity contribution is -0.275. The number of para-hydroxylation sites is 1. The Morgan fingerprint density at radius 3 is 2.66 bits per heavy atom. The largest absolute Gasteiger partial charge is 0.573 e. The number of likely N-dealkylation sites (tertiary alicyclic amines) is 1. The van der Waals surface area contributed by atoms with Gasteiger partial charge in [0.2, 0.25) is 5.91 Å². The molecule has 7 nitrogen and oxygen atoms in total. The molecule has 1 aromatic rings. The van der Waals surface area contributed by atoms with Gasteiger partial charge in [0.25, 0.3) is 0 Å². The maximum atomic E-state index is 12.5. The number of halogens is 3. The molecule has 0 bridgehead atoms. The number of nitrogens with zero attached hydrogens (tertiary/aromatic N) is 2.